The van der Waals surface area contributed by atoms with Crippen LogP contribution in [0.4, 0.5) is 0 Å². The molecule has 15 heavy (non-hydrogen) atoms. The molecule has 0 aliphatic heterocycles. The molecule has 0 spiro atoms. The van der Waals surface area contributed by atoms with Crippen LogP contribution in [0.1, 0.15) is 43.4 Å². The first-order chi connectivity index (χ1) is 7.04. The molecule has 0 saturated heterocycles. The van der Waals surface area contributed by atoms with Crippen LogP contribution >= 0.6 is 0 Å². The predicted octanol–water partition coefficient (Wildman–Crippen LogP) is 3.99. The van der Waals surface area contributed by atoms with Crippen molar-refractivity contribution in [3.05, 3.63) is 28.8 Å². The Bertz CT molecular complexity index is 305. The molecule has 1 heteroatoms. The number of benzene rings is 1. The smallest absolute Gasteiger partial charge is 0.121 e. The van der Waals surface area contributed by atoms with E-state index in [9.17, 15) is 5.11 Å². The summed E-state index contributed by atoms with van der Waals surface area (Å²) in [5.74, 6) is 1.18. The quantitative estimate of drug-likeness (QED) is 0.789. The summed E-state index contributed by atoms with van der Waals surface area (Å²) in [5.41, 5.74) is 3.34. The van der Waals surface area contributed by atoms with Gasteiger partial charge in [-0.05, 0) is 42.9 Å². The minimum Gasteiger partial charge on any atom is -0.507 e. The highest BCUT2D eigenvalue weighted by atomic mass is 16.3. The number of rotatable bonds is 4. The van der Waals surface area contributed by atoms with Gasteiger partial charge >= 0.3 is 0 Å². The molecule has 0 heterocycles. The second-order valence-electron chi connectivity index (χ2n) is 4.68. The molecule has 0 radical (unpaired) electrons. The van der Waals surface area contributed by atoms with Crippen LogP contribution in [0.5, 0.6) is 5.75 Å². The molecule has 0 unspecified atom stereocenters. The van der Waals surface area contributed by atoms with Crippen LogP contribution in [-0.4, -0.2) is 5.11 Å². The lowest BCUT2D eigenvalue weighted by atomic mass is 9.94. The summed E-state index contributed by atoms with van der Waals surface area (Å²) in [6.07, 6.45) is 3.64. The molecule has 1 aromatic rings. The van der Waals surface area contributed by atoms with Crippen LogP contribution in [-0.2, 0) is 6.42 Å². The normalized spacial score (nSPS) is 12.8. The van der Waals surface area contributed by atoms with Crippen molar-refractivity contribution in [3.63, 3.8) is 0 Å². The second kappa shape index (κ2) is 5.20. The van der Waals surface area contributed by atoms with Crippen LogP contribution < -0.4 is 0 Å². The number of hydrogen-bond acceptors (Lipinski definition) is 1. The molecule has 1 aromatic carbocycles. The van der Waals surface area contributed by atoms with Crippen LogP contribution in [0.3, 0.4) is 0 Å². The third-order valence-electron chi connectivity index (χ3n) is 2.92. The van der Waals surface area contributed by atoms with E-state index in [1.807, 2.05) is 13.8 Å². The van der Waals surface area contributed by atoms with Crippen molar-refractivity contribution >= 4 is 0 Å². The van der Waals surface area contributed by atoms with E-state index < -0.39 is 0 Å². The van der Waals surface area contributed by atoms with E-state index >= 15 is 0 Å². The fourth-order valence-corrected chi connectivity index (χ4v) is 2.16. The lowest BCUT2D eigenvalue weighted by molar-refractivity contribution is 0.465. The van der Waals surface area contributed by atoms with Gasteiger partial charge in [0, 0.05) is 0 Å². The SMILES string of the molecule is CCC[C@@H](C)Cc1cc(C)c(O)c(C)c1. The van der Waals surface area contributed by atoms with Crippen LogP contribution in [0.25, 0.3) is 0 Å². The Balaban J connectivity index is 2.78. The summed E-state index contributed by atoms with van der Waals surface area (Å²) >= 11 is 0. The van der Waals surface area contributed by atoms with Crippen molar-refractivity contribution in [2.24, 2.45) is 5.92 Å². The van der Waals surface area contributed by atoms with E-state index in [2.05, 4.69) is 26.0 Å². The van der Waals surface area contributed by atoms with Gasteiger partial charge in [0.1, 0.15) is 5.75 Å². The van der Waals surface area contributed by atoms with Gasteiger partial charge in [-0.2, -0.15) is 0 Å². The van der Waals surface area contributed by atoms with Gasteiger partial charge in [-0.3, -0.25) is 0 Å². The summed E-state index contributed by atoms with van der Waals surface area (Å²) in [5, 5.41) is 9.67. The third kappa shape index (κ3) is 3.26. The van der Waals surface area contributed by atoms with Gasteiger partial charge in [0.05, 0.1) is 0 Å². The average molecular weight is 206 g/mol. The largest absolute Gasteiger partial charge is 0.507 e. The van der Waals surface area contributed by atoms with Crippen molar-refractivity contribution < 1.29 is 5.11 Å². The summed E-state index contributed by atoms with van der Waals surface area (Å²) < 4.78 is 0. The molecule has 0 bridgehead atoms. The molecular formula is C14H22O. The summed E-state index contributed by atoms with van der Waals surface area (Å²) in [6.45, 7) is 8.46. The molecular weight excluding hydrogens is 184 g/mol. The number of hydrogen-bond donors (Lipinski definition) is 1. The van der Waals surface area contributed by atoms with Gasteiger partial charge in [-0.15, -0.1) is 0 Å². The van der Waals surface area contributed by atoms with E-state index in [1.165, 1.54) is 18.4 Å². The van der Waals surface area contributed by atoms with Gasteiger partial charge < -0.3 is 5.11 Å². The maximum atomic E-state index is 9.67. The van der Waals surface area contributed by atoms with E-state index in [0.29, 0.717) is 5.75 Å². The van der Waals surface area contributed by atoms with Crippen molar-refractivity contribution in [2.45, 2.75) is 47.0 Å². The minimum atomic E-state index is 0.446. The molecule has 1 N–H and O–H groups in total. The lowest BCUT2D eigenvalue weighted by Gasteiger charge is -2.12. The lowest BCUT2D eigenvalue weighted by Crippen LogP contribution is -2.00. The highest BCUT2D eigenvalue weighted by Gasteiger charge is 2.06. The topological polar surface area (TPSA) is 20.2 Å². The molecule has 0 fully saturated rings. The van der Waals surface area contributed by atoms with Gasteiger partial charge in [0.15, 0.2) is 0 Å². The van der Waals surface area contributed by atoms with Gasteiger partial charge in [0.2, 0.25) is 0 Å². The van der Waals surface area contributed by atoms with E-state index in [0.717, 1.165) is 23.5 Å². The number of phenolic OH excluding ortho intramolecular Hbond substituents is 1. The molecule has 0 aliphatic carbocycles. The third-order valence-corrected chi connectivity index (χ3v) is 2.92. The number of aryl methyl sites for hydroxylation is 2. The van der Waals surface area contributed by atoms with Crippen LogP contribution in [0, 0.1) is 19.8 Å². The van der Waals surface area contributed by atoms with Crippen LogP contribution in [0.2, 0.25) is 0 Å². The second-order valence-corrected chi connectivity index (χ2v) is 4.68. The van der Waals surface area contributed by atoms with Gasteiger partial charge in [-0.25, -0.2) is 0 Å². The standard InChI is InChI=1S/C14H22O/c1-5-6-10(2)7-13-8-11(3)14(15)12(4)9-13/h8-10,15H,5-7H2,1-4H3/t10-/m1/s1. The minimum absolute atomic E-state index is 0.446. The van der Waals surface area contributed by atoms with Crippen molar-refractivity contribution in [2.75, 3.05) is 0 Å². The fraction of sp³-hybridized carbons (Fsp3) is 0.571. The van der Waals surface area contributed by atoms with Crippen molar-refractivity contribution in [1.82, 2.24) is 0 Å². The summed E-state index contributed by atoms with van der Waals surface area (Å²) in [6, 6.07) is 4.21. The Labute approximate surface area is 93.1 Å². The first kappa shape index (κ1) is 12.1. The Morgan fingerprint density at radius 2 is 1.73 bits per heavy atom. The Hall–Kier alpha value is -0.980. The number of aromatic hydroxyl groups is 1. The summed E-state index contributed by atoms with van der Waals surface area (Å²) in [4.78, 5) is 0. The van der Waals surface area contributed by atoms with Crippen molar-refractivity contribution in [1.29, 1.82) is 0 Å². The molecule has 0 aromatic heterocycles. The van der Waals surface area contributed by atoms with Crippen LogP contribution in [0.15, 0.2) is 12.1 Å². The Kier molecular flexibility index (Phi) is 4.19. The van der Waals surface area contributed by atoms with Crippen molar-refractivity contribution in [3.8, 4) is 5.75 Å². The Morgan fingerprint density at radius 1 is 1.20 bits per heavy atom. The molecule has 1 nitrogen and oxygen atoms in total. The fourth-order valence-electron chi connectivity index (χ4n) is 2.16. The zero-order valence-electron chi connectivity index (χ0n) is 10.3. The number of phenols is 1. The van der Waals surface area contributed by atoms with Gasteiger partial charge in [-0.1, -0.05) is 38.8 Å². The molecule has 1 rings (SSSR count). The highest BCUT2D eigenvalue weighted by Crippen LogP contribution is 2.24. The first-order valence-electron chi connectivity index (χ1n) is 5.83. The zero-order valence-corrected chi connectivity index (χ0v) is 10.3. The first-order valence-corrected chi connectivity index (χ1v) is 5.83. The average Bonchev–Trinajstić information content (AvgIpc) is 2.14. The Morgan fingerprint density at radius 3 is 2.20 bits per heavy atom. The van der Waals surface area contributed by atoms with Gasteiger partial charge in [0.25, 0.3) is 0 Å². The zero-order chi connectivity index (χ0) is 11.4. The molecule has 1 atom stereocenters. The summed E-state index contributed by atoms with van der Waals surface area (Å²) in [7, 11) is 0. The molecule has 0 saturated carbocycles. The maximum Gasteiger partial charge on any atom is 0.121 e. The monoisotopic (exact) mass is 206 g/mol. The predicted molar refractivity (Wildman–Crippen MR) is 65.4 cm³/mol. The van der Waals surface area contributed by atoms with E-state index in [4.69, 9.17) is 0 Å². The highest BCUT2D eigenvalue weighted by molar-refractivity contribution is 5.42. The van der Waals surface area contributed by atoms with E-state index in [-0.39, 0.29) is 0 Å². The molecule has 0 amide bonds. The molecule has 0 aliphatic rings. The molecule has 84 valence electrons. The maximum absolute atomic E-state index is 9.67. The van der Waals surface area contributed by atoms with E-state index in [1.54, 1.807) is 0 Å².